The lowest BCUT2D eigenvalue weighted by Gasteiger charge is -2.23. The van der Waals surface area contributed by atoms with E-state index >= 15 is 0 Å². The Morgan fingerprint density at radius 1 is 1.46 bits per heavy atom. The number of aliphatic carboxylic acids is 1. The third-order valence-corrected chi connectivity index (χ3v) is 2.23. The zero-order chi connectivity index (χ0) is 9.90. The highest BCUT2D eigenvalue weighted by molar-refractivity contribution is 5.80. The van der Waals surface area contributed by atoms with Gasteiger partial charge in [0.15, 0.2) is 0 Å². The SMILES string of the molecule is CC[C@](N)(C(=O)O)c1ccccc1. The van der Waals surface area contributed by atoms with Crippen LogP contribution in [0.5, 0.6) is 0 Å². The standard InChI is InChI=1S/C10H13NO2/c1-2-10(11,9(12)13)8-6-4-3-5-7-8/h3-7H,2,11H2,1H3,(H,12,13)/t10-/m1/s1. The van der Waals surface area contributed by atoms with Crippen molar-refractivity contribution in [1.82, 2.24) is 0 Å². The van der Waals surface area contributed by atoms with Crippen molar-refractivity contribution in [3.63, 3.8) is 0 Å². The van der Waals surface area contributed by atoms with E-state index in [0.29, 0.717) is 12.0 Å². The van der Waals surface area contributed by atoms with Gasteiger partial charge in [-0.15, -0.1) is 0 Å². The van der Waals surface area contributed by atoms with Gasteiger partial charge in [0.25, 0.3) is 0 Å². The molecule has 0 aliphatic carbocycles. The Kier molecular flexibility index (Phi) is 2.68. The van der Waals surface area contributed by atoms with Crippen LogP contribution in [0.3, 0.4) is 0 Å². The first-order valence-electron chi connectivity index (χ1n) is 4.19. The van der Waals surface area contributed by atoms with Crippen LogP contribution in [-0.4, -0.2) is 11.1 Å². The first-order valence-corrected chi connectivity index (χ1v) is 4.19. The van der Waals surface area contributed by atoms with Crippen molar-refractivity contribution in [3.05, 3.63) is 35.9 Å². The van der Waals surface area contributed by atoms with Crippen LogP contribution in [-0.2, 0) is 10.3 Å². The molecule has 0 bridgehead atoms. The van der Waals surface area contributed by atoms with Crippen molar-refractivity contribution in [2.45, 2.75) is 18.9 Å². The maximum atomic E-state index is 10.9. The molecule has 0 radical (unpaired) electrons. The van der Waals surface area contributed by atoms with Crippen LogP contribution in [0.25, 0.3) is 0 Å². The van der Waals surface area contributed by atoms with E-state index in [1.165, 1.54) is 0 Å². The summed E-state index contributed by atoms with van der Waals surface area (Å²) < 4.78 is 0. The second kappa shape index (κ2) is 3.58. The molecule has 1 rings (SSSR count). The van der Waals surface area contributed by atoms with E-state index in [0.717, 1.165) is 0 Å². The number of carboxylic acid groups (broad SMARTS) is 1. The molecule has 0 aliphatic heterocycles. The highest BCUT2D eigenvalue weighted by atomic mass is 16.4. The molecule has 1 atom stereocenters. The summed E-state index contributed by atoms with van der Waals surface area (Å²) in [5, 5.41) is 8.96. The molecule has 0 aromatic heterocycles. The third-order valence-electron chi connectivity index (χ3n) is 2.23. The number of hydrogen-bond acceptors (Lipinski definition) is 2. The van der Waals surface area contributed by atoms with Crippen LogP contribution < -0.4 is 5.73 Å². The third kappa shape index (κ3) is 1.70. The summed E-state index contributed by atoms with van der Waals surface area (Å²) in [6.45, 7) is 1.76. The van der Waals surface area contributed by atoms with Gasteiger partial charge in [-0.3, -0.25) is 0 Å². The fraction of sp³-hybridized carbons (Fsp3) is 0.300. The number of hydrogen-bond donors (Lipinski definition) is 2. The fourth-order valence-corrected chi connectivity index (χ4v) is 1.21. The average Bonchev–Trinajstić information content (AvgIpc) is 2.17. The normalized spacial score (nSPS) is 14.9. The number of carbonyl (C=O) groups is 1. The summed E-state index contributed by atoms with van der Waals surface area (Å²) >= 11 is 0. The van der Waals surface area contributed by atoms with Crippen LogP contribution in [0.2, 0.25) is 0 Å². The lowest BCUT2D eigenvalue weighted by Crippen LogP contribution is -2.44. The lowest BCUT2D eigenvalue weighted by atomic mass is 9.89. The van der Waals surface area contributed by atoms with Crippen molar-refractivity contribution >= 4 is 5.97 Å². The molecule has 0 aliphatic rings. The summed E-state index contributed by atoms with van der Waals surface area (Å²) in [7, 11) is 0. The topological polar surface area (TPSA) is 63.3 Å². The van der Waals surface area contributed by atoms with E-state index in [-0.39, 0.29) is 0 Å². The predicted molar refractivity (Wildman–Crippen MR) is 50.2 cm³/mol. The maximum absolute atomic E-state index is 10.9. The Labute approximate surface area is 77.2 Å². The molecule has 0 amide bonds. The molecule has 0 saturated carbocycles. The molecule has 0 saturated heterocycles. The minimum absolute atomic E-state index is 0.381. The average molecular weight is 179 g/mol. The molecule has 3 N–H and O–H groups in total. The summed E-state index contributed by atoms with van der Waals surface area (Å²) in [6, 6.07) is 8.88. The molecule has 3 nitrogen and oxygen atoms in total. The summed E-state index contributed by atoms with van der Waals surface area (Å²) in [4.78, 5) is 10.9. The molecule has 0 fully saturated rings. The quantitative estimate of drug-likeness (QED) is 0.735. The molecular weight excluding hydrogens is 166 g/mol. The Hall–Kier alpha value is -1.35. The van der Waals surface area contributed by atoms with E-state index in [4.69, 9.17) is 10.8 Å². The van der Waals surface area contributed by atoms with Crippen molar-refractivity contribution in [2.75, 3.05) is 0 Å². The second-order valence-corrected chi connectivity index (χ2v) is 3.00. The van der Waals surface area contributed by atoms with Gasteiger partial charge >= 0.3 is 5.97 Å². The van der Waals surface area contributed by atoms with E-state index in [9.17, 15) is 4.79 Å². The van der Waals surface area contributed by atoms with Crippen molar-refractivity contribution in [3.8, 4) is 0 Å². The molecule has 0 spiro atoms. The summed E-state index contributed by atoms with van der Waals surface area (Å²) in [5.41, 5.74) is 5.16. The van der Waals surface area contributed by atoms with Crippen molar-refractivity contribution < 1.29 is 9.90 Å². The van der Waals surface area contributed by atoms with Crippen molar-refractivity contribution in [2.24, 2.45) is 5.73 Å². The van der Waals surface area contributed by atoms with Crippen LogP contribution in [0.15, 0.2) is 30.3 Å². The van der Waals surface area contributed by atoms with E-state index in [1.807, 2.05) is 6.07 Å². The lowest BCUT2D eigenvalue weighted by molar-refractivity contribution is -0.143. The molecular formula is C10H13NO2. The zero-order valence-corrected chi connectivity index (χ0v) is 7.53. The molecule has 0 heterocycles. The van der Waals surface area contributed by atoms with Gasteiger partial charge < -0.3 is 10.8 Å². The smallest absolute Gasteiger partial charge is 0.328 e. The Morgan fingerprint density at radius 2 is 2.00 bits per heavy atom. The van der Waals surface area contributed by atoms with Crippen LogP contribution in [0.1, 0.15) is 18.9 Å². The Balaban J connectivity index is 3.11. The minimum Gasteiger partial charge on any atom is -0.480 e. The van der Waals surface area contributed by atoms with Gasteiger partial charge in [0.2, 0.25) is 0 Å². The van der Waals surface area contributed by atoms with Gasteiger partial charge in [0.05, 0.1) is 0 Å². The molecule has 70 valence electrons. The number of benzene rings is 1. The van der Waals surface area contributed by atoms with Gasteiger partial charge in [-0.1, -0.05) is 37.3 Å². The number of nitrogens with two attached hydrogens (primary N) is 1. The monoisotopic (exact) mass is 179 g/mol. The van der Waals surface area contributed by atoms with Crippen LogP contribution >= 0.6 is 0 Å². The predicted octanol–water partition coefficient (Wildman–Crippen LogP) is 1.34. The molecule has 13 heavy (non-hydrogen) atoms. The first kappa shape index (κ1) is 9.74. The van der Waals surface area contributed by atoms with E-state index in [2.05, 4.69) is 0 Å². The van der Waals surface area contributed by atoms with Crippen LogP contribution in [0.4, 0.5) is 0 Å². The van der Waals surface area contributed by atoms with E-state index in [1.54, 1.807) is 31.2 Å². The van der Waals surface area contributed by atoms with Gasteiger partial charge in [-0.25, -0.2) is 4.79 Å². The molecule has 3 heteroatoms. The minimum atomic E-state index is -1.25. The number of carboxylic acids is 1. The number of rotatable bonds is 3. The second-order valence-electron chi connectivity index (χ2n) is 3.00. The molecule has 1 aromatic rings. The molecule has 0 unspecified atom stereocenters. The van der Waals surface area contributed by atoms with Gasteiger partial charge in [0.1, 0.15) is 5.54 Å². The molecule has 1 aromatic carbocycles. The van der Waals surface area contributed by atoms with Crippen LogP contribution in [0, 0.1) is 0 Å². The highest BCUT2D eigenvalue weighted by Crippen LogP contribution is 2.21. The van der Waals surface area contributed by atoms with E-state index < -0.39 is 11.5 Å². The van der Waals surface area contributed by atoms with Gasteiger partial charge in [-0.05, 0) is 12.0 Å². The first-order chi connectivity index (χ1) is 6.11. The summed E-state index contributed by atoms with van der Waals surface area (Å²) in [5.74, 6) is -0.985. The Morgan fingerprint density at radius 3 is 2.38 bits per heavy atom. The van der Waals surface area contributed by atoms with Crippen molar-refractivity contribution in [1.29, 1.82) is 0 Å². The summed E-state index contributed by atoms with van der Waals surface area (Å²) in [6.07, 6.45) is 0.381. The zero-order valence-electron chi connectivity index (χ0n) is 7.53. The van der Waals surface area contributed by atoms with Gasteiger partial charge in [0, 0.05) is 0 Å². The fourth-order valence-electron chi connectivity index (χ4n) is 1.21. The largest absolute Gasteiger partial charge is 0.480 e. The highest BCUT2D eigenvalue weighted by Gasteiger charge is 2.33. The Bertz CT molecular complexity index is 297. The maximum Gasteiger partial charge on any atom is 0.328 e. The van der Waals surface area contributed by atoms with Gasteiger partial charge in [-0.2, -0.15) is 0 Å².